The molecule has 0 aliphatic rings. The number of rotatable bonds is 2. The van der Waals surface area contributed by atoms with Gasteiger partial charge in [0.15, 0.2) is 11.5 Å². The number of aryl methyl sites for hydroxylation is 1. The highest BCUT2D eigenvalue weighted by atomic mass is 35.5. The summed E-state index contributed by atoms with van der Waals surface area (Å²) in [4.78, 5) is 0. The molecule has 1 aromatic carbocycles. The Kier molecular flexibility index (Phi) is 3.27. The number of hydrogen-bond donors (Lipinski definition) is 1. The number of benzene rings is 1. The first-order valence-corrected chi connectivity index (χ1v) is 4.92. The van der Waals surface area contributed by atoms with Gasteiger partial charge in [-0.2, -0.15) is 0 Å². The normalized spacial score (nSPS) is 10.7. The Morgan fingerprint density at radius 2 is 2.00 bits per heavy atom. The highest BCUT2D eigenvalue weighted by Gasteiger charge is 2.17. The number of ether oxygens (including phenoxy) is 1. The Labute approximate surface area is 89.5 Å². The van der Waals surface area contributed by atoms with E-state index in [-0.39, 0.29) is 11.7 Å². The van der Waals surface area contributed by atoms with Crippen LogP contribution in [-0.2, 0) is 0 Å². The van der Waals surface area contributed by atoms with Crippen molar-refractivity contribution in [2.75, 3.05) is 7.11 Å². The van der Waals surface area contributed by atoms with E-state index < -0.39 is 0 Å². The van der Waals surface area contributed by atoms with E-state index in [1.165, 1.54) is 7.11 Å². The smallest absolute Gasteiger partial charge is 0.165 e. The molecule has 0 saturated heterocycles. The van der Waals surface area contributed by atoms with Gasteiger partial charge in [0.1, 0.15) is 0 Å². The molecule has 0 aromatic heterocycles. The number of methoxy groups -OCH3 is 1. The lowest BCUT2D eigenvalue weighted by atomic mass is 9.99. The first kappa shape index (κ1) is 11.2. The van der Waals surface area contributed by atoms with Crippen LogP contribution in [0.4, 0.5) is 0 Å². The monoisotopic (exact) mass is 214 g/mol. The van der Waals surface area contributed by atoms with Crippen LogP contribution < -0.4 is 4.74 Å². The van der Waals surface area contributed by atoms with Crippen LogP contribution in [0.1, 0.15) is 30.9 Å². The molecule has 1 N–H and O–H groups in total. The van der Waals surface area contributed by atoms with Gasteiger partial charge in [-0.15, -0.1) is 0 Å². The van der Waals surface area contributed by atoms with Crippen LogP contribution in [0.25, 0.3) is 0 Å². The molecule has 0 heterocycles. The van der Waals surface area contributed by atoms with Crippen molar-refractivity contribution in [2.24, 2.45) is 0 Å². The summed E-state index contributed by atoms with van der Waals surface area (Å²) in [5, 5.41) is 10.4. The molecular formula is C11H15ClO2. The summed E-state index contributed by atoms with van der Waals surface area (Å²) in [5.41, 5.74) is 1.59. The van der Waals surface area contributed by atoms with Crippen LogP contribution in [0, 0.1) is 6.92 Å². The highest BCUT2D eigenvalue weighted by Crippen LogP contribution is 2.41. The molecule has 0 spiro atoms. The number of aromatic hydroxyl groups is 1. The number of hydrogen-bond acceptors (Lipinski definition) is 2. The minimum absolute atomic E-state index is 0.181. The lowest BCUT2D eigenvalue weighted by molar-refractivity contribution is 0.366. The van der Waals surface area contributed by atoms with Crippen molar-refractivity contribution in [3.05, 3.63) is 22.2 Å². The van der Waals surface area contributed by atoms with E-state index >= 15 is 0 Å². The van der Waals surface area contributed by atoms with E-state index in [1.807, 2.05) is 13.8 Å². The maximum absolute atomic E-state index is 9.77. The predicted molar refractivity (Wildman–Crippen MR) is 58.5 cm³/mol. The fraction of sp³-hybridized carbons (Fsp3) is 0.455. The summed E-state index contributed by atoms with van der Waals surface area (Å²) in [5.74, 6) is 0.898. The average molecular weight is 215 g/mol. The Balaban J connectivity index is 3.47. The quantitative estimate of drug-likeness (QED) is 0.817. The molecule has 0 unspecified atom stereocenters. The molecule has 0 bridgehead atoms. The SMILES string of the molecule is COc1c(O)c(C)cc(Cl)c1C(C)C. The fourth-order valence-electron chi connectivity index (χ4n) is 1.50. The van der Waals surface area contributed by atoms with Crippen molar-refractivity contribution in [2.45, 2.75) is 26.7 Å². The molecule has 0 atom stereocenters. The van der Waals surface area contributed by atoms with Crippen LogP contribution in [-0.4, -0.2) is 12.2 Å². The highest BCUT2D eigenvalue weighted by molar-refractivity contribution is 6.31. The molecular weight excluding hydrogens is 200 g/mol. The summed E-state index contributed by atoms with van der Waals surface area (Å²) >= 11 is 6.09. The molecule has 1 aromatic rings. The lowest BCUT2D eigenvalue weighted by Crippen LogP contribution is -1.97. The van der Waals surface area contributed by atoms with Gasteiger partial charge in [0.05, 0.1) is 7.11 Å². The van der Waals surface area contributed by atoms with E-state index in [9.17, 15) is 5.11 Å². The van der Waals surface area contributed by atoms with Gasteiger partial charge in [0.2, 0.25) is 0 Å². The molecule has 3 heteroatoms. The topological polar surface area (TPSA) is 29.5 Å². The number of halogens is 1. The van der Waals surface area contributed by atoms with Gasteiger partial charge in [-0.3, -0.25) is 0 Å². The van der Waals surface area contributed by atoms with Gasteiger partial charge >= 0.3 is 0 Å². The first-order chi connectivity index (χ1) is 6.49. The van der Waals surface area contributed by atoms with Gasteiger partial charge < -0.3 is 9.84 Å². The molecule has 2 nitrogen and oxygen atoms in total. The van der Waals surface area contributed by atoms with Crippen molar-refractivity contribution in [3.63, 3.8) is 0 Å². The third-order valence-corrected chi connectivity index (χ3v) is 2.53. The van der Waals surface area contributed by atoms with Gasteiger partial charge in [-0.05, 0) is 24.5 Å². The standard InChI is InChI=1S/C11H15ClO2/c1-6(2)9-8(12)5-7(3)10(13)11(9)14-4/h5-6,13H,1-4H3. The van der Waals surface area contributed by atoms with Gasteiger partial charge in [0, 0.05) is 10.6 Å². The largest absolute Gasteiger partial charge is 0.504 e. The zero-order valence-electron chi connectivity index (χ0n) is 8.89. The summed E-state index contributed by atoms with van der Waals surface area (Å²) in [6.45, 7) is 5.82. The third kappa shape index (κ3) is 1.80. The van der Waals surface area contributed by atoms with Crippen LogP contribution in [0.2, 0.25) is 5.02 Å². The summed E-state index contributed by atoms with van der Waals surface area (Å²) < 4.78 is 5.16. The summed E-state index contributed by atoms with van der Waals surface area (Å²) in [7, 11) is 1.54. The predicted octanol–water partition coefficient (Wildman–Crippen LogP) is 3.49. The van der Waals surface area contributed by atoms with E-state index in [0.29, 0.717) is 10.8 Å². The lowest BCUT2D eigenvalue weighted by Gasteiger charge is -2.16. The van der Waals surface area contributed by atoms with Gasteiger partial charge in [0.25, 0.3) is 0 Å². The maximum Gasteiger partial charge on any atom is 0.165 e. The Morgan fingerprint density at radius 1 is 1.43 bits per heavy atom. The summed E-state index contributed by atoms with van der Waals surface area (Å²) in [6, 6.07) is 1.76. The maximum atomic E-state index is 9.77. The van der Waals surface area contributed by atoms with Crippen molar-refractivity contribution >= 4 is 11.6 Å². The second kappa shape index (κ2) is 4.09. The minimum atomic E-state index is 0.181. The van der Waals surface area contributed by atoms with Gasteiger partial charge in [-0.1, -0.05) is 25.4 Å². The van der Waals surface area contributed by atoms with Gasteiger partial charge in [-0.25, -0.2) is 0 Å². The number of phenols is 1. The third-order valence-electron chi connectivity index (χ3n) is 2.22. The molecule has 0 radical (unpaired) electrons. The first-order valence-electron chi connectivity index (χ1n) is 4.55. The van der Waals surface area contributed by atoms with E-state index in [2.05, 4.69) is 0 Å². The van der Waals surface area contributed by atoms with Crippen molar-refractivity contribution in [1.29, 1.82) is 0 Å². The Hall–Kier alpha value is -0.890. The minimum Gasteiger partial charge on any atom is -0.504 e. The Bertz CT molecular complexity index is 346. The molecule has 0 aliphatic carbocycles. The van der Waals surface area contributed by atoms with Crippen LogP contribution in [0.3, 0.4) is 0 Å². The van der Waals surface area contributed by atoms with Crippen LogP contribution >= 0.6 is 11.6 Å². The fourth-order valence-corrected chi connectivity index (χ4v) is 1.96. The van der Waals surface area contributed by atoms with E-state index in [1.54, 1.807) is 13.0 Å². The number of phenolic OH excluding ortho intramolecular Hbond substituents is 1. The summed E-state index contributed by atoms with van der Waals surface area (Å²) in [6.07, 6.45) is 0. The molecule has 1 rings (SSSR count). The average Bonchev–Trinajstić information content (AvgIpc) is 2.09. The zero-order valence-corrected chi connectivity index (χ0v) is 9.64. The zero-order chi connectivity index (χ0) is 10.9. The molecule has 0 aliphatic heterocycles. The van der Waals surface area contributed by atoms with E-state index in [0.717, 1.165) is 11.1 Å². The second-order valence-electron chi connectivity index (χ2n) is 3.63. The van der Waals surface area contributed by atoms with Crippen molar-refractivity contribution < 1.29 is 9.84 Å². The Morgan fingerprint density at radius 3 is 2.43 bits per heavy atom. The molecule has 78 valence electrons. The molecule has 0 amide bonds. The van der Waals surface area contributed by atoms with Crippen molar-refractivity contribution in [3.8, 4) is 11.5 Å². The van der Waals surface area contributed by atoms with Crippen LogP contribution in [0.5, 0.6) is 11.5 Å². The molecule has 14 heavy (non-hydrogen) atoms. The molecule has 0 fully saturated rings. The molecule has 0 saturated carbocycles. The van der Waals surface area contributed by atoms with E-state index in [4.69, 9.17) is 16.3 Å². The second-order valence-corrected chi connectivity index (χ2v) is 4.03. The van der Waals surface area contributed by atoms with Crippen molar-refractivity contribution in [1.82, 2.24) is 0 Å². The van der Waals surface area contributed by atoms with Crippen LogP contribution in [0.15, 0.2) is 6.07 Å².